The van der Waals surface area contributed by atoms with Crippen LogP contribution in [-0.4, -0.2) is 38.5 Å². The van der Waals surface area contributed by atoms with E-state index in [2.05, 4.69) is 26.4 Å². The zero-order chi connectivity index (χ0) is 24.5. The summed E-state index contributed by atoms with van der Waals surface area (Å²) in [6.07, 6.45) is 1.44. The number of hydrogen-bond donors (Lipinski definition) is 1. The summed E-state index contributed by atoms with van der Waals surface area (Å²) >= 11 is 3.46. The van der Waals surface area contributed by atoms with E-state index < -0.39 is 5.91 Å². The summed E-state index contributed by atoms with van der Waals surface area (Å²) in [5.74, 6) is 2.41. The molecule has 1 N–H and O–H groups in total. The van der Waals surface area contributed by atoms with Gasteiger partial charge in [-0.15, -0.1) is 0 Å². The fraction of sp³-hybridized carbons (Fsp3) is 0.208. The number of nitriles is 1. The van der Waals surface area contributed by atoms with Crippen LogP contribution in [0.3, 0.4) is 0 Å². The van der Waals surface area contributed by atoms with Gasteiger partial charge in [0.1, 0.15) is 42.1 Å². The van der Waals surface area contributed by atoms with Crippen LogP contribution in [0.25, 0.3) is 6.08 Å². The van der Waals surface area contributed by atoms with Crippen molar-refractivity contribution in [2.75, 3.05) is 32.8 Å². The van der Waals surface area contributed by atoms with E-state index in [1.807, 2.05) is 24.3 Å². The largest absolute Gasteiger partial charge is 0.497 e. The molecule has 0 bridgehead atoms. The number of halogens is 1. The highest BCUT2D eigenvalue weighted by atomic mass is 79.9. The van der Waals surface area contributed by atoms with Gasteiger partial charge in [0.15, 0.2) is 17.3 Å². The van der Waals surface area contributed by atoms with E-state index in [-0.39, 0.29) is 18.0 Å². The SMILES string of the molecule is COc1cccc(OCCOc2c(Br)cc(/C=C(/C#N)C(=O)Nc3cc(C)on3)cc2OC)c1. The van der Waals surface area contributed by atoms with E-state index in [9.17, 15) is 10.1 Å². The van der Waals surface area contributed by atoms with Crippen LogP contribution >= 0.6 is 15.9 Å². The number of benzene rings is 2. The molecule has 0 aliphatic rings. The van der Waals surface area contributed by atoms with E-state index in [0.717, 1.165) is 0 Å². The zero-order valence-corrected chi connectivity index (χ0v) is 20.3. The number of rotatable bonds is 10. The number of carbonyl (C=O) groups is 1. The van der Waals surface area contributed by atoms with Gasteiger partial charge in [0.05, 0.1) is 18.7 Å². The molecule has 3 aromatic rings. The molecule has 1 heterocycles. The van der Waals surface area contributed by atoms with Crippen molar-refractivity contribution in [2.24, 2.45) is 0 Å². The average molecular weight is 528 g/mol. The number of aryl methyl sites for hydroxylation is 1. The number of nitrogens with one attached hydrogen (secondary N) is 1. The lowest BCUT2D eigenvalue weighted by Crippen LogP contribution is -2.13. The van der Waals surface area contributed by atoms with Gasteiger partial charge in [-0.05, 0) is 58.8 Å². The second-order valence-electron chi connectivity index (χ2n) is 6.86. The molecule has 0 aliphatic heterocycles. The molecule has 0 fully saturated rings. The molecule has 10 heteroatoms. The van der Waals surface area contributed by atoms with Gasteiger partial charge < -0.3 is 28.8 Å². The number of methoxy groups -OCH3 is 2. The van der Waals surface area contributed by atoms with Gasteiger partial charge in [-0.1, -0.05) is 11.2 Å². The van der Waals surface area contributed by atoms with E-state index in [1.54, 1.807) is 38.3 Å². The Morgan fingerprint density at radius 1 is 1.15 bits per heavy atom. The third-order valence-corrected chi connectivity index (χ3v) is 5.03. The summed E-state index contributed by atoms with van der Waals surface area (Å²) in [5, 5.41) is 15.7. The zero-order valence-electron chi connectivity index (χ0n) is 18.8. The number of carbonyl (C=O) groups excluding carboxylic acids is 1. The Kier molecular flexibility index (Phi) is 8.54. The molecule has 0 aliphatic carbocycles. The van der Waals surface area contributed by atoms with Gasteiger partial charge in [0, 0.05) is 12.1 Å². The maximum Gasteiger partial charge on any atom is 0.267 e. The Bertz CT molecular complexity index is 1230. The van der Waals surface area contributed by atoms with Gasteiger partial charge in [-0.2, -0.15) is 5.26 Å². The number of anilines is 1. The second kappa shape index (κ2) is 11.8. The van der Waals surface area contributed by atoms with Crippen molar-refractivity contribution in [3.63, 3.8) is 0 Å². The molecule has 0 atom stereocenters. The lowest BCUT2D eigenvalue weighted by atomic mass is 10.1. The van der Waals surface area contributed by atoms with Crippen LogP contribution < -0.4 is 24.3 Å². The fourth-order valence-corrected chi connectivity index (χ4v) is 3.46. The Balaban J connectivity index is 1.68. The number of ether oxygens (including phenoxy) is 4. The first-order valence-corrected chi connectivity index (χ1v) is 10.9. The van der Waals surface area contributed by atoms with E-state index >= 15 is 0 Å². The lowest BCUT2D eigenvalue weighted by Gasteiger charge is -2.14. The normalized spacial score (nSPS) is 10.9. The molecule has 2 aromatic carbocycles. The average Bonchev–Trinajstić information content (AvgIpc) is 3.25. The highest BCUT2D eigenvalue weighted by molar-refractivity contribution is 9.10. The molecule has 34 heavy (non-hydrogen) atoms. The monoisotopic (exact) mass is 527 g/mol. The third-order valence-electron chi connectivity index (χ3n) is 4.44. The van der Waals surface area contributed by atoms with Gasteiger partial charge >= 0.3 is 0 Å². The maximum absolute atomic E-state index is 12.4. The quantitative estimate of drug-likeness (QED) is 0.227. The molecule has 176 valence electrons. The number of aromatic nitrogens is 1. The van der Waals surface area contributed by atoms with Crippen LogP contribution in [-0.2, 0) is 4.79 Å². The summed E-state index contributed by atoms with van der Waals surface area (Å²) in [5.41, 5.74) is 0.446. The molecule has 0 spiro atoms. The first-order chi connectivity index (χ1) is 16.4. The molecular weight excluding hydrogens is 506 g/mol. The van der Waals surface area contributed by atoms with Gasteiger partial charge in [0.2, 0.25) is 0 Å². The van der Waals surface area contributed by atoms with E-state index in [4.69, 9.17) is 23.5 Å². The Morgan fingerprint density at radius 3 is 2.59 bits per heavy atom. The molecular formula is C24H22BrN3O6. The van der Waals surface area contributed by atoms with Gasteiger partial charge in [0.25, 0.3) is 5.91 Å². The number of hydrogen-bond acceptors (Lipinski definition) is 8. The van der Waals surface area contributed by atoms with Crippen molar-refractivity contribution in [3.05, 3.63) is 63.8 Å². The predicted octanol–water partition coefficient (Wildman–Crippen LogP) is 4.77. The summed E-state index contributed by atoms with van der Waals surface area (Å²) in [4.78, 5) is 12.4. The van der Waals surface area contributed by atoms with E-state index in [1.165, 1.54) is 13.2 Å². The van der Waals surface area contributed by atoms with Crippen molar-refractivity contribution >= 4 is 33.7 Å². The standard InChI is InChI=1S/C24H22BrN3O6/c1-15-9-22(28-34-15)27-24(29)17(14-26)10-16-11-20(25)23(21(12-16)31-3)33-8-7-32-19-6-4-5-18(13-19)30-2/h4-6,9-13H,7-8H2,1-3H3,(H,27,28,29)/b17-10-. The van der Waals surface area contributed by atoms with Crippen molar-refractivity contribution in [1.29, 1.82) is 5.26 Å². The molecule has 3 rings (SSSR count). The summed E-state index contributed by atoms with van der Waals surface area (Å²) in [6, 6.07) is 14.1. The van der Waals surface area contributed by atoms with Crippen molar-refractivity contribution < 1.29 is 28.3 Å². The highest BCUT2D eigenvalue weighted by Crippen LogP contribution is 2.37. The minimum absolute atomic E-state index is 0.116. The molecule has 0 saturated heterocycles. The second-order valence-corrected chi connectivity index (χ2v) is 7.71. The first-order valence-electron chi connectivity index (χ1n) is 10.1. The molecule has 0 unspecified atom stereocenters. The predicted molar refractivity (Wildman–Crippen MR) is 128 cm³/mol. The van der Waals surface area contributed by atoms with Crippen LogP contribution in [0.5, 0.6) is 23.0 Å². The molecule has 1 aromatic heterocycles. The van der Waals surface area contributed by atoms with Crippen molar-refractivity contribution in [1.82, 2.24) is 5.16 Å². The Labute approximate surface area is 205 Å². The van der Waals surface area contributed by atoms with E-state index in [0.29, 0.717) is 45.4 Å². The maximum atomic E-state index is 12.4. The summed E-state index contributed by atoms with van der Waals surface area (Å²) in [6.45, 7) is 2.25. The summed E-state index contributed by atoms with van der Waals surface area (Å²) < 4.78 is 27.6. The van der Waals surface area contributed by atoms with Gasteiger partial charge in [-0.3, -0.25) is 4.79 Å². The van der Waals surface area contributed by atoms with Gasteiger partial charge in [-0.25, -0.2) is 0 Å². The smallest absolute Gasteiger partial charge is 0.267 e. The van der Waals surface area contributed by atoms with Crippen molar-refractivity contribution in [2.45, 2.75) is 6.92 Å². The summed E-state index contributed by atoms with van der Waals surface area (Å²) in [7, 11) is 3.09. The molecule has 0 saturated carbocycles. The molecule has 1 amide bonds. The topological polar surface area (TPSA) is 116 Å². The van der Waals surface area contributed by atoms with Crippen LogP contribution in [0.4, 0.5) is 5.82 Å². The Hall–Kier alpha value is -3.97. The Morgan fingerprint density at radius 2 is 1.91 bits per heavy atom. The number of nitrogens with zero attached hydrogens (tertiary/aromatic N) is 2. The third kappa shape index (κ3) is 6.52. The fourth-order valence-electron chi connectivity index (χ4n) is 2.88. The molecule has 9 nitrogen and oxygen atoms in total. The van der Waals surface area contributed by atoms with Crippen LogP contribution in [0.15, 0.2) is 57.0 Å². The van der Waals surface area contributed by atoms with Crippen LogP contribution in [0.1, 0.15) is 11.3 Å². The van der Waals surface area contributed by atoms with Crippen molar-refractivity contribution in [3.8, 4) is 29.1 Å². The molecule has 0 radical (unpaired) electrons. The number of amides is 1. The van der Waals surface area contributed by atoms with Crippen LogP contribution in [0.2, 0.25) is 0 Å². The first kappa shape index (κ1) is 24.7. The van der Waals surface area contributed by atoms with Crippen LogP contribution in [0, 0.1) is 18.3 Å². The lowest BCUT2D eigenvalue weighted by molar-refractivity contribution is -0.112. The minimum atomic E-state index is -0.610. The highest BCUT2D eigenvalue weighted by Gasteiger charge is 2.15. The minimum Gasteiger partial charge on any atom is -0.497 e.